The lowest BCUT2D eigenvalue weighted by molar-refractivity contribution is 0.593. The van der Waals surface area contributed by atoms with Crippen LogP contribution in [0.5, 0.6) is 0 Å². The van der Waals surface area contributed by atoms with Crippen LogP contribution in [0.1, 0.15) is 13.8 Å². The van der Waals surface area contributed by atoms with E-state index in [2.05, 4.69) is 5.32 Å². The molecule has 0 aliphatic rings. The number of nitrogens with one attached hydrogen (secondary N) is 1. The van der Waals surface area contributed by atoms with Crippen molar-refractivity contribution < 1.29 is 12.8 Å². The Morgan fingerprint density at radius 1 is 1.44 bits per heavy atom. The number of rotatable bonds is 5. The van der Waals surface area contributed by atoms with Crippen LogP contribution >= 0.6 is 0 Å². The number of hydrogen-bond donors (Lipinski definition) is 1. The van der Waals surface area contributed by atoms with Gasteiger partial charge in [-0.25, -0.2) is 12.8 Å². The topological polar surface area (TPSA) is 46.2 Å². The number of anilines is 1. The van der Waals surface area contributed by atoms with Crippen molar-refractivity contribution >= 4 is 15.5 Å². The molecule has 1 rings (SSSR count). The first kappa shape index (κ1) is 13.0. The quantitative estimate of drug-likeness (QED) is 0.863. The minimum absolute atomic E-state index is 0.0556. The van der Waals surface area contributed by atoms with Crippen LogP contribution in [0, 0.1) is 5.82 Å². The van der Waals surface area contributed by atoms with Gasteiger partial charge in [0.25, 0.3) is 0 Å². The Bertz CT molecular complexity index is 445. The lowest BCUT2D eigenvalue weighted by atomic mass is 10.3. The average molecular weight is 245 g/mol. The molecule has 0 bridgehead atoms. The van der Waals surface area contributed by atoms with Crippen molar-refractivity contribution in [3.63, 3.8) is 0 Å². The van der Waals surface area contributed by atoms with E-state index >= 15 is 0 Å². The second kappa shape index (κ2) is 5.30. The first-order valence-corrected chi connectivity index (χ1v) is 6.97. The molecule has 1 atom stereocenters. The molecule has 3 nitrogen and oxygen atoms in total. The highest BCUT2D eigenvalue weighted by molar-refractivity contribution is 7.91. The van der Waals surface area contributed by atoms with Crippen molar-refractivity contribution in [1.29, 1.82) is 0 Å². The van der Waals surface area contributed by atoms with Crippen LogP contribution in [0.4, 0.5) is 10.1 Å². The van der Waals surface area contributed by atoms with Crippen LogP contribution in [-0.4, -0.2) is 26.0 Å². The van der Waals surface area contributed by atoms with Crippen molar-refractivity contribution in [2.24, 2.45) is 0 Å². The molecule has 0 aliphatic carbocycles. The van der Waals surface area contributed by atoms with Crippen LogP contribution in [0.15, 0.2) is 24.3 Å². The molecule has 0 fully saturated rings. The van der Waals surface area contributed by atoms with Crippen LogP contribution in [0.25, 0.3) is 0 Å². The van der Waals surface area contributed by atoms with Crippen molar-refractivity contribution in [2.45, 2.75) is 19.9 Å². The zero-order chi connectivity index (χ0) is 12.2. The lowest BCUT2D eigenvalue weighted by Crippen LogP contribution is -2.26. The Labute approximate surface area is 95.6 Å². The highest BCUT2D eigenvalue weighted by Crippen LogP contribution is 2.11. The van der Waals surface area contributed by atoms with Gasteiger partial charge in [-0.2, -0.15) is 0 Å². The molecule has 5 heteroatoms. The Hall–Kier alpha value is -1.10. The second-order valence-corrected chi connectivity index (χ2v) is 6.15. The van der Waals surface area contributed by atoms with Gasteiger partial charge in [-0.05, 0) is 25.1 Å². The number of benzene rings is 1. The largest absolute Gasteiger partial charge is 0.381 e. The highest BCUT2D eigenvalue weighted by atomic mass is 32.2. The predicted octanol–water partition coefficient (Wildman–Crippen LogP) is 2.06. The zero-order valence-electron chi connectivity index (χ0n) is 9.40. The van der Waals surface area contributed by atoms with Crippen molar-refractivity contribution in [1.82, 2.24) is 0 Å². The van der Waals surface area contributed by atoms with Crippen molar-refractivity contribution in [3.05, 3.63) is 30.1 Å². The highest BCUT2D eigenvalue weighted by Gasteiger charge is 2.13. The minimum atomic E-state index is -3.01. The second-order valence-electron chi connectivity index (χ2n) is 3.75. The van der Waals surface area contributed by atoms with E-state index in [1.54, 1.807) is 26.0 Å². The minimum Gasteiger partial charge on any atom is -0.381 e. The molecule has 1 aromatic carbocycles. The molecule has 1 N–H and O–H groups in total. The summed E-state index contributed by atoms with van der Waals surface area (Å²) in [5.41, 5.74) is 0.596. The third-order valence-electron chi connectivity index (χ3n) is 2.18. The summed E-state index contributed by atoms with van der Waals surface area (Å²) in [5, 5.41) is 2.95. The molecule has 0 saturated carbocycles. The van der Waals surface area contributed by atoms with E-state index in [0.29, 0.717) is 5.69 Å². The van der Waals surface area contributed by atoms with Gasteiger partial charge in [0.2, 0.25) is 0 Å². The number of halogens is 1. The summed E-state index contributed by atoms with van der Waals surface area (Å²) in [5.74, 6) is -0.155. The Morgan fingerprint density at radius 2 is 2.12 bits per heavy atom. The summed E-state index contributed by atoms with van der Waals surface area (Å²) in [6.45, 7) is 3.38. The van der Waals surface area contributed by atoms with Gasteiger partial charge >= 0.3 is 0 Å². The molecule has 0 saturated heterocycles. The third-order valence-corrected chi connectivity index (χ3v) is 4.07. The molecular weight excluding hydrogens is 229 g/mol. The Morgan fingerprint density at radius 3 is 2.69 bits per heavy atom. The van der Waals surface area contributed by atoms with Gasteiger partial charge in [0.05, 0.1) is 5.75 Å². The summed E-state index contributed by atoms with van der Waals surface area (Å²) in [6, 6.07) is 5.75. The van der Waals surface area contributed by atoms with Gasteiger partial charge in [-0.1, -0.05) is 13.0 Å². The first-order valence-electron chi connectivity index (χ1n) is 5.15. The fraction of sp³-hybridized carbons (Fsp3) is 0.455. The molecule has 1 aromatic rings. The summed E-state index contributed by atoms with van der Waals surface area (Å²) in [6.07, 6.45) is 0. The Balaban J connectivity index is 2.62. The van der Waals surface area contributed by atoms with E-state index in [1.165, 1.54) is 12.1 Å². The van der Waals surface area contributed by atoms with Gasteiger partial charge in [-0.15, -0.1) is 0 Å². The summed E-state index contributed by atoms with van der Waals surface area (Å²) in [7, 11) is -3.01. The van der Waals surface area contributed by atoms with E-state index in [0.717, 1.165) is 0 Å². The maximum atomic E-state index is 12.9. The smallest absolute Gasteiger partial charge is 0.152 e. The Kier molecular flexibility index (Phi) is 4.29. The van der Waals surface area contributed by atoms with Gasteiger partial charge < -0.3 is 5.32 Å². The normalized spacial score (nSPS) is 13.4. The van der Waals surface area contributed by atoms with E-state index < -0.39 is 9.84 Å². The van der Waals surface area contributed by atoms with Crippen molar-refractivity contribution in [2.75, 3.05) is 16.8 Å². The predicted molar refractivity (Wildman–Crippen MR) is 63.8 cm³/mol. The summed E-state index contributed by atoms with van der Waals surface area (Å²) < 4.78 is 35.6. The summed E-state index contributed by atoms with van der Waals surface area (Å²) in [4.78, 5) is 0. The van der Waals surface area contributed by atoms with Crippen LogP contribution in [0.3, 0.4) is 0 Å². The SMILES string of the molecule is CCS(=O)(=O)CC(C)Nc1cccc(F)c1. The van der Waals surface area contributed by atoms with E-state index in [-0.39, 0.29) is 23.4 Å². The van der Waals surface area contributed by atoms with Crippen LogP contribution in [-0.2, 0) is 9.84 Å². The van der Waals surface area contributed by atoms with E-state index in [1.807, 2.05) is 0 Å². The number of hydrogen-bond acceptors (Lipinski definition) is 3. The molecule has 1 unspecified atom stereocenters. The standard InChI is InChI=1S/C11H16FNO2S/c1-3-16(14,15)8-9(2)13-11-6-4-5-10(12)7-11/h4-7,9,13H,3,8H2,1-2H3. The third kappa shape index (κ3) is 4.18. The maximum Gasteiger partial charge on any atom is 0.152 e. The molecule has 90 valence electrons. The van der Waals surface area contributed by atoms with Gasteiger partial charge in [0.15, 0.2) is 9.84 Å². The molecule has 0 heterocycles. The maximum absolute atomic E-state index is 12.9. The fourth-order valence-corrected chi connectivity index (χ4v) is 2.48. The number of sulfone groups is 1. The molecule has 0 aliphatic heterocycles. The summed E-state index contributed by atoms with van der Waals surface area (Å²) >= 11 is 0. The fourth-order valence-electron chi connectivity index (χ4n) is 1.40. The lowest BCUT2D eigenvalue weighted by Gasteiger charge is -2.14. The monoisotopic (exact) mass is 245 g/mol. The molecule has 0 amide bonds. The molecule has 0 spiro atoms. The van der Waals surface area contributed by atoms with E-state index in [9.17, 15) is 12.8 Å². The van der Waals surface area contributed by atoms with Crippen molar-refractivity contribution in [3.8, 4) is 0 Å². The molecule has 16 heavy (non-hydrogen) atoms. The zero-order valence-corrected chi connectivity index (χ0v) is 10.2. The van der Waals surface area contributed by atoms with E-state index in [4.69, 9.17) is 0 Å². The van der Waals surface area contributed by atoms with Gasteiger partial charge in [0, 0.05) is 17.5 Å². The molecular formula is C11H16FNO2S. The van der Waals surface area contributed by atoms with Gasteiger partial charge in [-0.3, -0.25) is 0 Å². The van der Waals surface area contributed by atoms with Gasteiger partial charge in [0.1, 0.15) is 5.82 Å². The first-order chi connectivity index (χ1) is 7.43. The molecule has 0 radical (unpaired) electrons. The molecule has 0 aromatic heterocycles. The average Bonchev–Trinajstić information content (AvgIpc) is 2.16. The van der Waals surface area contributed by atoms with Crippen LogP contribution < -0.4 is 5.32 Å². The van der Waals surface area contributed by atoms with Crippen LogP contribution in [0.2, 0.25) is 0 Å².